The second-order valence-corrected chi connectivity index (χ2v) is 6.55. The molecule has 0 saturated carbocycles. The van der Waals surface area contributed by atoms with Gasteiger partial charge in [-0.1, -0.05) is 0 Å². The maximum Gasteiger partial charge on any atom is 0.231 e. The van der Waals surface area contributed by atoms with Crippen molar-refractivity contribution in [3.8, 4) is 32.8 Å². The lowest BCUT2D eigenvalue weighted by atomic mass is 10.3. The predicted octanol–water partition coefficient (Wildman–Crippen LogP) is 3.55. The Bertz CT molecular complexity index is 585. The number of hydrogen-bond acceptors (Lipinski definition) is 6. The zero-order chi connectivity index (χ0) is 12.3. The van der Waals surface area contributed by atoms with Gasteiger partial charge in [0.2, 0.25) is 13.6 Å². The molecule has 0 radical (unpaired) electrons. The molecule has 0 unspecified atom stereocenters. The van der Waals surface area contributed by atoms with Gasteiger partial charge in [-0.2, -0.15) is 0 Å². The van der Waals surface area contributed by atoms with Crippen LogP contribution in [0.3, 0.4) is 0 Å². The molecule has 0 bridgehead atoms. The molecular weight excluding hydrogens is 272 g/mol. The van der Waals surface area contributed by atoms with Gasteiger partial charge in [0.15, 0.2) is 23.0 Å². The second kappa shape index (κ2) is 3.55. The molecule has 6 heteroatoms. The van der Waals surface area contributed by atoms with Crippen molar-refractivity contribution < 1.29 is 18.9 Å². The first-order valence-corrected chi connectivity index (χ1v) is 7.17. The van der Waals surface area contributed by atoms with Crippen molar-refractivity contribution in [3.05, 3.63) is 9.75 Å². The third-order valence-corrected chi connectivity index (χ3v) is 5.29. The van der Waals surface area contributed by atoms with Crippen molar-refractivity contribution in [2.24, 2.45) is 0 Å². The standard InChI is InChI=1S/C12H10O4S2/c1-5-7-9(15-3-13-7)11(17-5)12-10-8(6(2)18-12)14-4-16-10/h3-4H2,1-2H3. The highest BCUT2D eigenvalue weighted by Crippen LogP contribution is 2.58. The minimum atomic E-state index is 0.302. The molecule has 94 valence electrons. The molecule has 0 N–H and O–H groups in total. The molecule has 0 atom stereocenters. The molecule has 0 saturated heterocycles. The lowest BCUT2D eigenvalue weighted by Gasteiger charge is -1.99. The van der Waals surface area contributed by atoms with Crippen LogP contribution >= 0.6 is 22.7 Å². The first kappa shape index (κ1) is 10.5. The first-order valence-electron chi connectivity index (χ1n) is 5.54. The number of rotatable bonds is 1. The molecule has 0 aliphatic carbocycles. The third kappa shape index (κ3) is 1.24. The predicted molar refractivity (Wildman–Crippen MR) is 69.4 cm³/mol. The number of hydrogen-bond donors (Lipinski definition) is 0. The topological polar surface area (TPSA) is 36.9 Å². The molecule has 0 aromatic carbocycles. The number of fused-ring (bicyclic) bond motifs is 2. The molecule has 4 rings (SSSR count). The fourth-order valence-electron chi connectivity index (χ4n) is 2.21. The summed E-state index contributed by atoms with van der Waals surface area (Å²) in [5.74, 6) is 3.43. The smallest absolute Gasteiger partial charge is 0.231 e. The molecule has 4 heterocycles. The second-order valence-electron chi connectivity index (χ2n) is 4.10. The monoisotopic (exact) mass is 282 g/mol. The Kier molecular flexibility index (Phi) is 2.07. The van der Waals surface area contributed by atoms with Gasteiger partial charge in [-0.25, -0.2) is 0 Å². The largest absolute Gasteiger partial charge is 0.452 e. The fraction of sp³-hybridized carbons (Fsp3) is 0.333. The van der Waals surface area contributed by atoms with E-state index in [4.69, 9.17) is 18.9 Å². The van der Waals surface area contributed by atoms with Crippen molar-refractivity contribution >= 4 is 22.7 Å². The summed E-state index contributed by atoms with van der Waals surface area (Å²) in [7, 11) is 0. The van der Waals surface area contributed by atoms with E-state index in [0.717, 1.165) is 42.5 Å². The van der Waals surface area contributed by atoms with Crippen molar-refractivity contribution in [1.29, 1.82) is 0 Å². The van der Waals surface area contributed by atoms with Gasteiger partial charge >= 0.3 is 0 Å². The summed E-state index contributed by atoms with van der Waals surface area (Å²) in [5, 5.41) is 0. The van der Waals surface area contributed by atoms with E-state index in [1.165, 1.54) is 0 Å². The van der Waals surface area contributed by atoms with Crippen LogP contribution in [0.25, 0.3) is 9.75 Å². The Morgan fingerprint density at radius 2 is 1.06 bits per heavy atom. The molecule has 2 aromatic rings. The van der Waals surface area contributed by atoms with E-state index in [2.05, 4.69) is 0 Å². The van der Waals surface area contributed by atoms with Gasteiger partial charge in [-0.05, 0) is 13.8 Å². The molecule has 0 amide bonds. The average molecular weight is 282 g/mol. The van der Waals surface area contributed by atoms with Crippen molar-refractivity contribution in [2.75, 3.05) is 13.6 Å². The van der Waals surface area contributed by atoms with Crippen LogP contribution in [0.2, 0.25) is 0 Å². The van der Waals surface area contributed by atoms with Gasteiger partial charge < -0.3 is 18.9 Å². The van der Waals surface area contributed by atoms with E-state index in [1.54, 1.807) is 22.7 Å². The van der Waals surface area contributed by atoms with Gasteiger partial charge in [0.05, 0.1) is 9.75 Å². The highest BCUT2D eigenvalue weighted by atomic mass is 32.1. The highest BCUT2D eigenvalue weighted by molar-refractivity contribution is 7.23. The maximum absolute atomic E-state index is 5.57. The molecule has 4 nitrogen and oxygen atoms in total. The number of aryl methyl sites for hydroxylation is 2. The normalized spacial score (nSPS) is 15.4. The summed E-state index contributed by atoms with van der Waals surface area (Å²) in [6.45, 7) is 4.69. The summed E-state index contributed by atoms with van der Waals surface area (Å²) in [4.78, 5) is 4.44. The van der Waals surface area contributed by atoms with Crippen LogP contribution in [0, 0.1) is 13.8 Å². The van der Waals surface area contributed by atoms with Crippen molar-refractivity contribution in [2.45, 2.75) is 13.8 Å². The average Bonchev–Trinajstić information content (AvgIpc) is 3.06. The van der Waals surface area contributed by atoms with Gasteiger partial charge in [-0.15, -0.1) is 22.7 Å². The van der Waals surface area contributed by atoms with E-state index in [-0.39, 0.29) is 0 Å². The Balaban J connectivity index is 1.94. The molecule has 2 aliphatic heterocycles. The van der Waals surface area contributed by atoms with Crippen molar-refractivity contribution in [1.82, 2.24) is 0 Å². The molecule has 2 aliphatic rings. The molecule has 0 fully saturated rings. The van der Waals surface area contributed by atoms with Gasteiger partial charge in [0.1, 0.15) is 0 Å². The van der Waals surface area contributed by atoms with Gasteiger partial charge in [-0.3, -0.25) is 0 Å². The van der Waals surface area contributed by atoms with Gasteiger partial charge in [0.25, 0.3) is 0 Å². The van der Waals surface area contributed by atoms with Crippen LogP contribution < -0.4 is 18.9 Å². The van der Waals surface area contributed by atoms with Crippen LogP contribution in [0.4, 0.5) is 0 Å². The molecule has 2 aromatic heterocycles. The minimum Gasteiger partial charge on any atom is -0.452 e. The zero-order valence-corrected chi connectivity index (χ0v) is 11.5. The maximum atomic E-state index is 5.57. The SMILES string of the molecule is Cc1sc(-c2sc(C)c3c2OCO3)c2c1OCO2. The van der Waals surface area contributed by atoms with E-state index in [9.17, 15) is 0 Å². The summed E-state index contributed by atoms with van der Waals surface area (Å²) in [5.41, 5.74) is 0. The Morgan fingerprint density at radius 3 is 1.50 bits per heavy atom. The molecular formula is C12H10O4S2. The summed E-state index contributed by atoms with van der Waals surface area (Å²) < 4.78 is 22.1. The van der Waals surface area contributed by atoms with Crippen LogP contribution in [-0.2, 0) is 0 Å². The van der Waals surface area contributed by atoms with Crippen LogP contribution in [0.5, 0.6) is 23.0 Å². The van der Waals surface area contributed by atoms with Crippen LogP contribution in [0.1, 0.15) is 9.75 Å². The van der Waals surface area contributed by atoms with E-state index >= 15 is 0 Å². The van der Waals surface area contributed by atoms with Gasteiger partial charge in [0, 0.05) is 9.75 Å². The van der Waals surface area contributed by atoms with E-state index < -0.39 is 0 Å². The lowest BCUT2D eigenvalue weighted by molar-refractivity contribution is 0.172. The number of thiophene rings is 2. The van der Waals surface area contributed by atoms with Crippen molar-refractivity contribution in [3.63, 3.8) is 0 Å². The van der Waals surface area contributed by atoms with E-state index in [1.807, 2.05) is 13.8 Å². The lowest BCUT2D eigenvalue weighted by Crippen LogP contribution is -1.95. The Labute approximate surface area is 112 Å². The Hall–Kier alpha value is -1.40. The first-order chi connectivity index (χ1) is 8.75. The zero-order valence-electron chi connectivity index (χ0n) is 9.86. The summed E-state index contributed by atoms with van der Waals surface area (Å²) in [6.07, 6.45) is 0. The molecule has 0 spiro atoms. The fourth-order valence-corrected chi connectivity index (χ4v) is 4.42. The Morgan fingerprint density at radius 1 is 0.667 bits per heavy atom. The number of ether oxygens (including phenoxy) is 4. The van der Waals surface area contributed by atoms with Crippen LogP contribution in [-0.4, -0.2) is 13.6 Å². The minimum absolute atomic E-state index is 0.302. The summed E-state index contributed by atoms with van der Waals surface area (Å²) in [6, 6.07) is 0. The summed E-state index contributed by atoms with van der Waals surface area (Å²) >= 11 is 3.35. The highest BCUT2D eigenvalue weighted by Gasteiger charge is 2.32. The quantitative estimate of drug-likeness (QED) is 0.801. The molecule has 18 heavy (non-hydrogen) atoms. The third-order valence-electron chi connectivity index (χ3n) is 2.99. The van der Waals surface area contributed by atoms with E-state index in [0.29, 0.717) is 13.6 Å². The van der Waals surface area contributed by atoms with Crippen LogP contribution in [0.15, 0.2) is 0 Å².